The summed E-state index contributed by atoms with van der Waals surface area (Å²) in [7, 11) is 0. The Balaban J connectivity index is 1.75. The number of fused-ring (bicyclic) bond motifs is 1. The van der Waals surface area contributed by atoms with E-state index in [2.05, 4.69) is 0 Å². The van der Waals surface area contributed by atoms with Crippen LogP contribution in [0.5, 0.6) is 0 Å². The molecule has 1 aromatic heterocycles. The summed E-state index contributed by atoms with van der Waals surface area (Å²) in [5.74, 6) is -0.302. The molecule has 5 nitrogen and oxygen atoms in total. The van der Waals surface area contributed by atoms with Gasteiger partial charge in [0.25, 0.3) is 5.56 Å². The van der Waals surface area contributed by atoms with Crippen molar-refractivity contribution in [3.05, 3.63) is 116 Å². The maximum absolute atomic E-state index is 14.0. The molecule has 0 bridgehead atoms. The minimum Gasteiger partial charge on any atom is -0.294 e. The summed E-state index contributed by atoms with van der Waals surface area (Å²) in [6.07, 6.45) is 0.657. The fourth-order valence-electron chi connectivity index (χ4n) is 3.84. The summed E-state index contributed by atoms with van der Waals surface area (Å²) in [6.45, 7) is 2.14. The molecule has 6 heteroatoms. The van der Waals surface area contributed by atoms with Crippen LogP contribution in [0, 0.1) is 5.82 Å². The van der Waals surface area contributed by atoms with Gasteiger partial charge in [0.2, 0.25) is 0 Å². The van der Waals surface area contributed by atoms with Crippen LogP contribution >= 0.6 is 0 Å². The van der Waals surface area contributed by atoms with Gasteiger partial charge < -0.3 is 0 Å². The Kier molecular flexibility index (Phi) is 6.12. The van der Waals surface area contributed by atoms with E-state index in [9.17, 15) is 18.8 Å². The van der Waals surface area contributed by atoms with Crippen molar-refractivity contribution in [2.24, 2.45) is 0 Å². The molecule has 0 amide bonds. The highest BCUT2D eigenvalue weighted by Gasteiger charge is 2.14. The maximum Gasteiger partial charge on any atom is 0.331 e. The number of Topliss-reactive ketones (excluding diaryl/α,β-unsaturated/α-hetero) is 1. The zero-order chi connectivity index (χ0) is 22.7. The zero-order valence-electron chi connectivity index (χ0n) is 17.8. The Hall–Kier alpha value is -3.80. The summed E-state index contributed by atoms with van der Waals surface area (Å²) < 4.78 is 16.8. The first-order valence-corrected chi connectivity index (χ1v) is 10.6. The molecule has 0 unspecified atom stereocenters. The van der Waals surface area contributed by atoms with Crippen molar-refractivity contribution in [3.8, 4) is 0 Å². The number of para-hydroxylation sites is 1. The fourth-order valence-corrected chi connectivity index (χ4v) is 3.84. The van der Waals surface area contributed by atoms with Crippen LogP contribution in [0.3, 0.4) is 0 Å². The molecule has 0 spiro atoms. The molecule has 4 aromatic rings. The van der Waals surface area contributed by atoms with Crippen LogP contribution in [-0.2, 0) is 19.5 Å². The van der Waals surface area contributed by atoms with Crippen molar-refractivity contribution in [1.29, 1.82) is 0 Å². The molecule has 0 fully saturated rings. The number of aromatic nitrogens is 2. The number of rotatable bonds is 7. The fraction of sp³-hybridized carbons (Fsp3) is 0.192. The molecule has 0 saturated carbocycles. The van der Waals surface area contributed by atoms with Crippen LogP contribution in [-0.4, -0.2) is 14.9 Å². The first kappa shape index (κ1) is 21.4. The lowest BCUT2D eigenvalue weighted by Crippen LogP contribution is -2.40. The number of nitrogens with zero attached hydrogens (tertiary/aromatic N) is 2. The molecule has 0 saturated heterocycles. The number of benzene rings is 3. The molecule has 3 aromatic carbocycles. The van der Waals surface area contributed by atoms with E-state index in [0.717, 1.165) is 5.56 Å². The first-order chi connectivity index (χ1) is 15.5. The molecule has 1 heterocycles. The summed E-state index contributed by atoms with van der Waals surface area (Å²) >= 11 is 0. The quantitative estimate of drug-likeness (QED) is 0.413. The van der Waals surface area contributed by atoms with E-state index in [-0.39, 0.29) is 36.7 Å². The second-order valence-corrected chi connectivity index (χ2v) is 7.66. The van der Waals surface area contributed by atoms with Crippen molar-refractivity contribution in [2.75, 3.05) is 0 Å². The maximum atomic E-state index is 14.0. The third-order valence-electron chi connectivity index (χ3n) is 5.63. The highest BCUT2D eigenvalue weighted by molar-refractivity contribution is 5.95. The van der Waals surface area contributed by atoms with Gasteiger partial charge in [0.1, 0.15) is 5.82 Å². The smallest absolute Gasteiger partial charge is 0.294 e. The molecule has 32 heavy (non-hydrogen) atoms. The standard InChI is InChI=1S/C26H23FN2O3/c1-2-24(30)20-13-11-18(12-14-20)17-29-23-10-6-4-8-21(23)25(31)28(26(29)32)16-15-19-7-3-5-9-22(19)27/h3-14H,2,15-17H2,1H3. The lowest BCUT2D eigenvalue weighted by Gasteiger charge is -2.15. The van der Waals surface area contributed by atoms with Crippen molar-refractivity contribution in [2.45, 2.75) is 32.9 Å². The predicted octanol–water partition coefficient (Wildman–Crippen LogP) is 4.19. The van der Waals surface area contributed by atoms with E-state index in [0.29, 0.717) is 28.5 Å². The van der Waals surface area contributed by atoms with Crippen LogP contribution in [0.1, 0.15) is 34.8 Å². The summed E-state index contributed by atoms with van der Waals surface area (Å²) in [4.78, 5) is 38.2. The second kappa shape index (κ2) is 9.14. The van der Waals surface area contributed by atoms with Crippen LogP contribution < -0.4 is 11.2 Å². The summed E-state index contributed by atoms with van der Waals surface area (Å²) in [5.41, 5.74) is 1.63. The van der Waals surface area contributed by atoms with Gasteiger partial charge in [-0.15, -0.1) is 0 Å². The van der Waals surface area contributed by atoms with Gasteiger partial charge in [-0.05, 0) is 35.7 Å². The van der Waals surface area contributed by atoms with Gasteiger partial charge in [0, 0.05) is 18.5 Å². The number of carbonyl (C=O) groups is 1. The molecule has 0 radical (unpaired) electrons. The number of ketones is 1. The van der Waals surface area contributed by atoms with E-state index in [1.807, 2.05) is 19.1 Å². The number of aryl methyl sites for hydroxylation is 1. The van der Waals surface area contributed by atoms with Crippen LogP contribution in [0.15, 0.2) is 82.4 Å². The third kappa shape index (κ3) is 4.17. The molecule has 4 rings (SSSR count). The van der Waals surface area contributed by atoms with Gasteiger partial charge in [-0.3, -0.25) is 18.7 Å². The number of hydrogen-bond acceptors (Lipinski definition) is 3. The summed E-state index contributed by atoms with van der Waals surface area (Å²) in [5, 5.41) is 0.429. The van der Waals surface area contributed by atoms with E-state index >= 15 is 0 Å². The Labute approximate surface area is 184 Å². The van der Waals surface area contributed by atoms with Gasteiger partial charge in [-0.25, -0.2) is 9.18 Å². The van der Waals surface area contributed by atoms with E-state index < -0.39 is 5.69 Å². The Morgan fingerprint density at radius 2 is 1.56 bits per heavy atom. The molecule has 0 N–H and O–H groups in total. The van der Waals surface area contributed by atoms with Gasteiger partial charge >= 0.3 is 5.69 Å². The largest absolute Gasteiger partial charge is 0.331 e. The molecule has 0 aliphatic rings. The zero-order valence-corrected chi connectivity index (χ0v) is 17.8. The molecular formula is C26H23FN2O3. The van der Waals surface area contributed by atoms with Gasteiger partial charge in [-0.2, -0.15) is 0 Å². The third-order valence-corrected chi connectivity index (χ3v) is 5.63. The Morgan fingerprint density at radius 3 is 2.28 bits per heavy atom. The summed E-state index contributed by atoms with van der Waals surface area (Å²) in [6, 6.07) is 20.5. The first-order valence-electron chi connectivity index (χ1n) is 10.6. The predicted molar refractivity (Wildman–Crippen MR) is 123 cm³/mol. The van der Waals surface area contributed by atoms with Crippen LogP contribution in [0.25, 0.3) is 10.9 Å². The van der Waals surface area contributed by atoms with Gasteiger partial charge in [-0.1, -0.05) is 61.5 Å². The van der Waals surface area contributed by atoms with Crippen molar-refractivity contribution >= 4 is 16.7 Å². The van der Waals surface area contributed by atoms with Crippen LogP contribution in [0.2, 0.25) is 0 Å². The lowest BCUT2D eigenvalue weighted by molar-refractivity contribution is 0.0988. The normalized spacial score (nSPS) is 11.1. The van der Waals surface area contributed by atoms with Crippen molar-refractivity contribution in [1.82, 2.24) is 9.13 Å². The molecule has 0 atom stereocenters. The minimum absolute atomic E-state index is 0.0564. The van der Waals surface area contributed by atoms with Crippen molar-refractivity contribution in [3.63, 3.8) is 0 Å². The Morgan fingerprint density at radius 1 is 0.875 bits per heavy atom. The van der Waals surface area contributed by atoms with E-state index in [1.165, 1.54) is 10.6 Å². The molecule has 162 valence electrons. The lowest BCUT2D eigenvalue weighted by atomic mass is 10.1. The highest BCUT2D eigenvalue weighted by atomic mass is 19.1. The van der Waals surface area contributed by atoms with Crippen molar-refractivity contribution < 1.29 is 9.18 Å². The number of hydrogen-bond donors (Lipinski definition) is 0. The average Bonchev–Trinajstić information content (AvgIpc) is 2.82. The Bertz CT molecular complexity index is 1400. The average molecular weight is 430 g/mol. The molecular weight excluding hydrogens is 407 g/mol. The topological polar surface area (TPSA) is 61.1 Å². The molecule has 0 aliphatic carbocycles. The second-order valence-electron chi connectivity index (χ2n) is 7.66. The highest BCUT2D eigenvalue weighted by Crippen LogP contribution is 2.13. The number of carbonyl (C=O) groups excluding carboxylic acids is 1. The van der Waals surface area contributed by atoms with Gasteiger partial charge in [0.15, 0.2) is 5.78 Å². The monoisotopic (exact) mass is 430 g/mol. The van der Waals surface area contributed by atoms with E-state index in [1.54, 1.807) is 59.2 Å². The van der Waals surface area contributed by atoms with E-state index in [4.69, 9.17) is 0 Å². The number of halogens is 1. The van der Waals surface area contributed by atoms with Gasteiger partial charge in [0.05, 0.1) is 17.4 Å². The molecule has 0 aliphatic heterocycles. The SMILES string of the molecule is CCC(=O)c1ccc(Cn2c(=O)n(CCc3ccccc3F)c(=O)c3ccccc32)cc1. The minimum atomic E-state index is -0.446. The van der Waals surface area contributed by atoms with Crippen LogP contribution in [0.4, 0.5) is 4.39 Å².